The van der Waals surface area contributed by atoms with Gasteiger partial charge in [0.2, 0.25) is 5.89 Å². The van der Waals surface area contributed by atoms with Crippen LogP contribution in [0.3, 0.4) is 0 Å². The smallest absolute Gasteiger partial charge is 0.318 e. The first-order chi connectivity index (χ1) is 10.8. The number of halogens is 1. The molecule has 0 saturated carbocycles. The zero-order valence-corrected chi connectivity index (χ0v) is 12.4. The van der Waals surface area contributed by atoms with Gasteiger partial charge in [0.05, 0.1) is 18.4 Å². The van der Waals surface area contributed by atoms with Crippen LogP contribution in [-0.4, -0.2) is 31.7 Å². The largest absolute Gasteiger partial charge is 0.403 e. The van der Waals surface area contributed by atoms with Crippen molar-refractivity contribution in [2.45, 2.75) is 19.5 Å². The molecule has 0 saturated heterocycles. The molecule has 112 valence electrons. The number of rotatable bonds is 2. The number of anilines is 1. The maximum atomic E-state index is 6.00. The number of nitrogens with zero attached hydrogens (tertiary/aromatic N) is 6. The summed E-state index contributed by atoms with van der Waals surface area (Å²) in [5.74, 6) is 0.466. The summed E-state index contributed by atoms with van der Waals surface area (Å²) in [4.78, 5) is 2.04. The van der Waals surface area contributed by atoms with Gasteiger partial charge in [-0.2, -0.15) is 0 Å². The minimum absolute atomic E-state index is 0.466. The van der Waals surface area contributed by atoms with E-state index in [2.05, 4.69) is 20.5 Å². The normalized spacial score (nSPS) is 14.7. The molecule has 7 nitrogen and oxygen atoms in total. The lowest BCUT2D eigenvalue weighted by molar-refractivity contribution is 0.536. The van der Waals surface area contributed by atoms with E-state index in [0.717, 1.165) is 30.8 Å². The third-order valence-corrected chi connectivity index (χ3v) is 3.84. The fraction of sp³-hybridized carbons (Fsp3) is 0.286. The van der Waals surface area contributed by atoms with Gasteiger partial charge in [0.1, 0.15) is 0 Å². The second-order valence-corrected chi connectivity index (χ2v) is 5.56. The van der Waals surface area contributed by atoms with E-state index in [9.17, 15) is 0 Å². The SMILES string of the molecule is Clc1cccc(-c2nnc(N3CCCn4nncc4C3)o2)c1. The van der Waals surface area contributed by atoms with Crippen LogP contribution in [-0.2, 0) is 13.1 Å². The topological polar surface area (TPSA) is 72.9 Å². The Bertz CT molecular complexity index is 798. The first-order valence-corrected chi connectivity index (χ1v) is 7.39. The average molecular weight is 317 g/mol. The summed E-state index contributed by atoms with van der Waals surface area (Å²) in [6.07, 6.45) is 2.72. The molecule has 0 bridgehead atoms. The fourth-order valence-electron chi connectivity index (χ4n) is 2.52. The quantitative estimate of drug-likeness (QED) is 0.723. The molecule has 0 unspecified atom stereocenters. The summed E-state index contributed by atoms with van der Waals surface area (Å²) in [7, 11) is 0. The van der Waals surface area contributed by atoms with E-state index in [-0.39, 0.29) is 0 Å². The number of aryl methyl sites for hydroxylation is 1. The molecule has 8 heteroatoms. The Morgan fingerprint density at radius 3 is 3.05 bits per heavy atom. The summed E-state index contributed by atoms with van der Waals surface area (Å²) < 4.78 is 7.72. The predicted molar refractivity (Wildman–Crippen MR) is 80.4 cm³/mol. The van der Waals surface area contributed by atoms with Gasteiger partial charge in [0, 0.05) is 23.7 Å². The van der Waals surface area contributed by atoms with Gasteiger partial charge < -0.3 is 9.32 Å². The van der Waals surface area contributed by atoms with Crippen LogP contribution in [0.2, 0.25) is 5.02 Å². The lowest BCUT2D eigenvalue weighted by atomic mass is 10.2. The van der Waals surface area contributed by atoms with E-state index in [1.165, 1.54) is 0 Å². The minimum Gasteiger partial charge on any atom is -0.403 e. The predicted octanol–water partition coefficient (Wildman–Crippen LogP) is 2.39. The number of aromatic nitrogens is 5. The van der Waals surface area contributed by atoms with Crippen molar-refractivity contribution in [1.29, 1.82) is 0 Å². The summed E-state index contributed by atoms with van der Waals surface area (Å²) in [6, 6.07) is 7.87. The Labute approximate surface area is 131 Å². The molecule has 2 aromatic heterocycles. The highest BCUT2D eigenvalue weighted by molar-refractivity contribution is 6.30. The Balaban J connectivity index is 1.61. The van der Waals surface area contributed by atoms with Gasteiger partial charge in [-0.15, -0.1) is 10.2 Å². The maximum Gasteiger partial charge on any atom is 0.318 e. The second-order valence-electron chi connectivity index (χ2n) is 5.12. The molecular formula is C14H13ClN6O. The molecule has 1 aliphatic rings. The lowest BCUT2D eigenvalue weighted by Gasteiger charge is -2.15. The van der Waals surface area contributed by atoms with Crippen LogP contribution in [0.15, 0.2) is 34.9 Å². The van der Waals surface area contributed by atoms with Crippen molar-refractivity contribution in [1.82, 2.24) is 25.2 Å². The summed E-state index contributed by atoms with van der Waals surface area (Å²) >= 11 is 6.00. The highest BCUT2D eigenvalue weighted by atomic mass is 35.5. The number of benzene rings is 1. The molecule has 0 N–H and O–H groups in total. The summed E-state index contributed by atoms with van der Waals surface area (Å²) in [5.41, 5.74) is 1.85. The van der Waals surface area contributed by atoms with Gasteiger partial charge in [-0.05, 0) is 24.6 Å². The maximum absolute atomic E-state index is 6.00. The zero-order chi connectivity index (χ0) is 14.9. The molecule has 0 atom stereocenters. The number of fused-ring (bicyclic) bond motifs is 1. The van der Waals surface area contributed by atoms with Gasteiger partial charge in [-0.1, -0.05) is 28.0 Å². The van der Waals surface area contributed by atoms with Crippen LogP contribution in [0.25, 0.3) is 11.5 Å². The second kappa shape index (κ2) is 5.42. The first-order valence-electron chi connectivity index (χ1n) is 7.01. The molecule has 1 aliphatic heterocycles. The van der Waals surface area contributed by atoms with Crippen molar-refractivity contribution in [3.63, 3.8) is 0 Å². The molecule has 0 radical (unpaired) electrons. The van der Waals surface area contributed by atoms with E-state index < -0.39 is 0 Å². The Morgan fingerprint density at radius 2 is 2.14 bits per heavy atom. The van der Waals surface area contributed by atoms with Gasteiger partial charge in [0.15, 0.2) is 0 Å². The molecule has 1 aromatic carbocycles. The van der Waals surface area contributed by atoms with Crippen molar-refractivity contribution in [2.24, 2.45) is 0 Å². The molecule has 0 amide bonds. The van der Waals surface area contributed by atoms with Crippen LogP contribution in [0.4, 0.5) is 6.01 Å². The fourth-order valence-corrected chi connectivity index (χ4v) is 2.71. The summed E-state index contributed by atoms with van der Waals surface area (Å²) in [6.45, 7) is 2.34. The van der Waals surface area contributed by atoms with Crippen molar-refractivity contribution < 1.29 is 4.42 Å². The van der Waals surface area contributed by atoms with E-state index in [0.29, 0.717) is 23.5 Å². The summed E-state index contributed by atoms with van der Waals surface area (Å²) in [5, 5.41) is 16.9. The molecule has 0 fully saturated rings. The average Bonchev–Trinajstić information content (AvgIpc) is 3.13. The highest BCUT2D eigenvalue weighted by Gasteiger charge is 2.20. The molecule has 4 rings (SSSR count). The van der Waals surface area contributed by atoms with E-state index in [1.54, 1.807) is 12.3 Å². The standard InChI is InChI=1S/C14H13ClN6O/c15-11-4-1-3-10(7-11)13-17-18-14(22-13)20-5-2-6-21-12(9-20)8-16-19-21/h1,3-4,7-8H,2,5-6,9H2. The number of hydrogen-bond donors (Lipinski definition) is 0. The Kier molecular flexibility index (Phi) is 3.27. The highest BCUT2D eigenvalue weighted by Crippen LogP contribution is 2.25. The lowest BCUT2D eigenvalue weighted by Crippen LogP contribution is -2.22. The first kappa shape index (κ1) is 13.3. The van der Waals surface area contributed by atoms with Gasteiger partial charge in [-0.3, -0.25) is 0 Å². The number of hydrogen-bond acceptors (Lipinski definition) is 6. The van der Waals surface area contributed by atoms with Gasteiger partial charge in [-0.25, -0.2) is 4.68 Å². The van der Waals surface area contributed by atoms with Gasteiger partial charge in [0.25, 0.3) is 0 Å². The van der Waals surface area contributed by atoms with Crippen molar-refractivity contribution >= 4 is 17.6 Å². The molecule has 3 aromatic rings. The molecular weight excluding hydrogens is 304 g/mol. The Hall–Kier alpha value is -2.41. The van der Waals surface area contributed by atoms with Crippen LogP contribution in [0.1, 0.15) is 12.1 Å². The van der Waals surface area contributed by atoms with Crippen molar-refractivity contribution in [2.75, 3.05) is 11.4 Å². The minimum atomic E-state index is 0.466. The van der Waals surface area contributed by atoms with Crippen LogP contribution in [0, 0.1) is 0 Å². The van der Waals surface area contributed by atoms with Crippen LogP contribution in [0.5, 0.6) is 0 Å². The van der Waals surface area contributed by atoms with Gasteiger partial charge >= 0.3 is 6.01 Å². The third-order valence-electron chi connectivity index (χ3n) is 3.61. The third kappa shape index (κ3) is 2.43. The monoisotopic (exact) mass is 316 g/mol. The zero-order valence-electron chi connectivity index (χ0n) is 11.7. The van der Waals surface area contributed by atoms with Crippen LogP contribution >= 0.6 is 11.6 Å². The van der Waals surface area contributed by atoms with E-state index in [4.69, 9.17) is 16.0 Å². The van der Waals surface area contributed by atoms with Crippen LogP contribution < -0.4 is 4.90 Å². The molecule has 0 aliphatic carbocycles. The molecule has 3 heterocycles. The molecule has 22 heavy (non-hydrogen) atoms. The Morgan fingerprint density at radius 1 is 1.18 bits per heavy atom. The van der Waals surface area contributed by atoms with Crippen molar-refractivity contribution in [3.8, 4) is 11.5 Å². The molecule has 0 spiro atoms. The van der Waals surface area contributed by atoms with E-state index in [1.807, 2.05) is 27.8 Å². The van der Waals surface area contributed by atoms with Crippen molar-refractivity contribution in [3.05, 3.63) is 41.2 Å². The van der Waals surface area contributed by atoms with E-state index >= 15 is 0 Å².